The second-order valence-corrected chi connectivity index (χ2v) is 7.98. The van der Waals surface area contributed by atoms with Crippen molar-refractivity contribution in [1.29, 1.82) is 0 Å². The topological polar surface area (TPSA) is 98.2 Å². The van der Waals surface area contributed by atoms with E-state index in [1.165, 1.54) is 6.07 Å². The van der Waals surface area contributed by atoms with Crippen molar-refractivity contribution in [3.05, 3.63) is 66.2 Å². The normalized spacial score (nSPS) is 11.1. The van der Waals surface area contributed by atoms with Crippen molar-refractivity contribution >= 4 is 21.4 Å². The minimum absolute atomic E-state index is 0.0736. The van der Waals surface area contributed by atoms with Gasteiger partial charge in [-0.3, -0.25) is 4.79 Å². The molecule has 0 fully saturated rings. The minimum Gasteiger partial charge on any atom is -0.494 e. The number of anilines is 1. The maximum atomic E-state index is 12.3. The summed E-state index contributed by atoms with van der Waals surface area (Å²) in [5, 5.41) is 10.4. The molecule has 7 nitrogen and oxygen atoms in total. The highest BCUT2D eigenvalue weighted by molar-refractivity contribution is 7.90. The second kappa shape index (κ2) is 8.18. The quantitative estimate of drug-likeness (QED) is 0.686. The predicted molar refractivity (Wildman–Crippen MR) is 106 cm³/mol. The molecule has 1 heterocycles. The van der Waals surface area contributed by atoms with Crippen LogP contribution in [-0.4, -0.2) is 37.4 Å². The van der Waals surface area contributed by atoms with E-state index in [4.69, 9.17) is 4.74 Å². The van der Waals surface area contributed by atoms with Crippen molar-refractivity contribution in [1.82, 2.24) is 10.2 Å². The summed E-state index contributed by atoms with van der Waals surface area (Å²) in [5.41, 5.74) is 2.45. The summed E-state index contributed by atoms with van der Waals surface area (Å²) in [6.45, 7) is 2.47. The smallest absolute Gasteiger partial charge is 0.255 e. The van der Waals surface area contributed by atoms with Gasteiger partial charge < -0.3 is 10.1 Å². The number of hydrogen-bond acceptors (Lipinski definition) is 6. The number of hydrogen-bond donors (Lipinski definition) is 1. The number of rotatable bonds is 6. The summed E-state index contributed by atoms with van der Waals surface area (Å²) >= 11 is 0. The van der Waals surface area contributed by atoms with Crippen molar-refractivity contribution in [3.63, 3.8) is 0 Å². The molecule has 1 amide bonds. The molecule has 0 bridgehead atoms. The van der Waals surface area contributed by atoms with Gasteiger partial charge in [0.25, 0.3) is 5.91 Å². The van der Waals surface area contributed by atoms with E-state index >= 15 is 0 Å². The number of nitrogens with zero attached hydrogens (tertiary/aromatic N) is 2. The van der Waals surface area contributed by atoms with Crippen LogP contribution < -0.4 is 10.1 Å². The van der Waals surface area contributed by atoms with Crippen molar-refractivity contribution in [2.24, 2.45) is 0 Å². The number of carbonyl (C=O) groups excluding carboxylic acids is 1. The largest absolute Gasteiger partial charge is 0.494 e. The molecule has 1 N–H and O–H groups in total. The monoisotopic (exact) mass is 397 g/mol. The first kappa shape index (κ1) is 19.5. The number of amides is 1. The van der Waals surface area contributed by atoms with Crippen LogP contribution in [0.3, 0.4) is 0 Å². The van der Waals surface area contributed by atoms with E-state index in [1.807, 2.05) is 6.92 Å². The zero-order valence-electron chi connectivity index (χ0n) is 15.4. The second-order valence-electron chi connectivity index (χ2n) is 6.02. The van der Waals surface area contributed by atoms with Gasteiger partial charge in [0, 0.05) is 23.1 Å². The van der Waals surface area contributed by atoms with Gasteiger partial charge in [0.15, 0.2) is 14.9 Å². The Morgan fingerprint density at radius 3 is 2.18 bits per heavy atom. The summed E-state index contributed by atoms with van der Waals surface area (Å²) < 4.78 is 28.3. The summed E-state index contributed by atoms with van der Waals surface area (Å²) in [4.78, 5) is 12.3. The van der Waals surface area contributed by atoms with Crippen molar-refractivity contribution in [2.45, 2.75) is 11.9 Å². The standard InChI is InChI=1S/C20H19N3O4S/c1-3-27-17-10-6-15(7-11-17)20(24)21-16-8-4-14(5-9-16)18-12-13-19(23-22-18)28(2,25)26/h4-13H,3H2,1-2H3,(H,21,24). The molecule has 0 spiro atoms. The highest BCUT2D eigenvalue weighted by Crippen LogP contribution is 2.20. The summed E-state index contributed by atoms with van der Waals surface area (Å²) in [6.07, 6.45) is 1.08. The molecule has 3 rings (SSSR count). The lowest BCUT2D eigenvalue weighted by atomic mass is 10.1. The lowest BCUT2D eigenvalue weighted by Gasteiger charge is -2.08. The van der Waals surface area contributed by atoms with Crippen LogP contribution in [0.4, 0.5) is 5.69 Å². The maximum Gasteiger partial charge on any atom is 0.255 e. The molecule has 0 aliphatic heterocycles. The lowest BCUT2D eigenvalue weighted by Crippen LogP contribution is -2.11. The van der Waals surface area contributed by atoms with Crippen molar-refractivity contribution in [3.8, 4) is 17.0 Å². The highest BCUT2D eigenvalue weighted by Gasteiger charge is 2.11. The van der Waals surface area contributed by atoms with Gasteiger partial charge in [-0.05, 0) is 55.5 Å². The Bertz CT molecular complexity index is 1060. The van der Waals surface area contributed by atoms with Gasteiger partial charge in [-0.25, -0.2) is 8.42 Å². The number of aromatic nitrogens is 2. The average molecular weight is 397 g/mol. The molecule has 0 unspecified atom stereocenters. The first-order chi connectivity index (χ1) is 13.4. The molecule has 0 aliphatic rings. The molecule has 28 heavy (non-hydrogen) atoms. The molecule has 8 heteroatoms. The van der Waals surface area contributed by atoms with Crippen LogP contribution in [-0.2, 0) is 9.84 Å². The van der Waals surface area contributed by atoms with E-state index < -0.39 is 9.84 Å². The van der Waals surface area contributed by atoms with Gasteiger partial charge in [-0.2, -0.15) is 0 Å². The Hall–Kier alpha value is -3.26. The van der Waals surface area contributed by atoms with E-state index in [1.54, 1.807) is 54.6 Å². The minimum atomic E-state index is -3.38. The SMILES string of the molecule is CCOc1ccc(C(=O)Nc2ccc(-c3ccc(S(C)(=O)=O)nn3)cc2)cc1. The van der Waals surface area contributed by atoms with E-state index in [0.717, 1.165) is 11.8 Å². The lowest BCUT2D eigenvalue weighted by molar-refractivity contribution is 0.102. The Kier molecular flexibility index (Phi) is 5.70. The third kappa shape index (κ3) is 4.72. The summed E-state index contributed by atoms with van der Waals surface area (Å²) in [5.74, 6) is 0.486. The summed E-state index contributed by atoms with van der Waals surface area (Å²) in [7, 11) is -3.38. The molecule has 0 atom stereocenters. The van der Waals surface area contributed by atoms with Crippen LogP contribution in [0.5, 0.6) is 5.75 Å². The van der Waals surface area contributed by atoms with Crippen LogP contribution in [0.1, 0.15) is 17.3 Å². The maximum absolute atomic E-state index is 12.3. The van der Waals surface area contributed by atoms with Crippen molar-refractivity contribution in [2.75, 3.05) is 18.2 Å². The van der Waals surface area contributed by atoms with Crippen LogP contribution in [0.2, 0.25) is 0 Å². The summed E-state index contributed by atoms with van der Waals surface area (Å²) in [6, 6.07) is 17.0. The van der Waals surface area contributed by atoms with Crippen LogP contribution in [0.15, 0.2) is 65.7 Å². The van der Waals surface area contributed by atoms with E-state index in [2.05, 4.69) is 15.5 Å². The van der Waals surface area contributed by atoms with E-state index in [-0.39, 0.29) is 10.9 Å². The predicted octanol–water partition coefficient (Wildman–Crippen LogP) is 3.20. The zero-order valence-corrected chi connectivity index (χ0v) is 16.2. The number of ether oxygens (including phenoxy) is 1. The van der Waals surface area contributed by atoms with Gasteiger partial charge in [-0.15, -0.1) is 10.2 Å². The van der Waals surface area contributed by atoms with Gasteiger partial charge in [0.2, 0.25) is 0 Å². The number of benzene rings is 2. The first-order valence-electron chi connectivity index (χ1n) is 8.55. The number of carbonyl (C=O) groups is 1. The van der Waals surface area contributed by atoms with Crippen LogP contribution in [0, 0.1) is 0 Å². The molecule has 0 saturated carbocycles. The third-order valence-corrected chi connectivity index (χ3v) is 4.86. The Balaban J connectivity index is 1.69. The van der Waals surface area contributed by atoms with Crippen LogP contribution >= 0.6 is 0 Å². The number of sulfone groups is 1. The molecule has 3 aromatic rings. The molecule has 1 aromatic heterocycles. The molecule has 2 aromatic carbocycles. The average Bonchev–Trinajstić information content (AvgIpc) is 2.69. The van der Waals surface area contributed by atoms with Gasteiger partial charge in [0.05, 0.1) is 12.3 Å². The van der Waals surface area contributed by atoms with Crippen molar-refractivity contribution < 1.29 is 17.9 Å². The third-order valence-electron chi connectivity index (χ3n) is 3.89. The van der Waals surface area contributed by atoms with Crippen LogP contribution in [0.25, 0.3) is 11.3 Å². The highest BCUT2D eigenvalue weighted by atomic mass is 32.2. The Morgan fingerprint density at radius 1 is 0.964 bits per heavy atom. The zero-order chi connectivity index (χ0) is 20.1. The Labute approximate surface area is 163 Å². The fourth-order valence-electron chi connectivity index (χ4n) is 2.47. The molecule has 0 aliphatic carbocycles. The fraction of sp³-hybridized carbons (Fsp3) is 0.150. The number of nitrogens with one attached hydrogen (secondary N) is 1. The van der Waals surface area contributed by atoms with Gasteiger partial charge >= 0.3 is 0 Å². The first-order valence-corrected chi connectivity index (χ1v) is 10.4. The van der Waals surface area contributed by atoms with Gasteiger partial charge in [0.1, 0.15) is 5.75 Å². The van der Waals surface area contributed by atoms with E-state index in [0.29, 0.717) is 29.3 Å². The molecular formula is C20H19N3O4S. The molecule has 0 radical (unpaired) electrons. The molecule has 144 valence electrons. The molecular weight excluding hydrogens is 378 g/mol. The Morgan fingerprint density at radius 2 is 1.64 bits per heavy atom. The van der Waals surface area contributed by atoms with Gasteiger partial charge in [-0.1, -0.05) is 12.1 Å². The molecule has 0 saturated heterocycles. The van der Waals surface area contributed by atoms with E-state index in [9.17, 15) is 13.2 Å². The fourth-order valence-corrected chi connectivity index (χ4v) is 2.97.